The zero-order chi connectivity index (χ0) is 27.2. The number of hydrogen-bond acceptors (Lipinski definition) is 6. The number of fused-ring (bicyclic) bond motifs is 8. The van der Waals surface area contributed by atoms with Crippen LogP contribution < -0.4 is 10.1 Å². The van der Waals surface area contributed by atoms with E-state index in [1.807, 2.05) is 6.07 Å². The monoisotopic (exact) mass is 543 g/mol. The lowest BCUT2D eigenvalue weighted by molar-refractivity contribution is -0.0853. The van der Waals surface area contributed by atoms with Gasteiger partial charge < -0.3 is 19.5 Å². The van der Waals surface area contributed by atoms with E-state index in [0.29, 0.717) is 30.6 Å². The second-order valence-electron chi connectivity index (χ2n) is 10.5. The first-order chi connectivity index (χ1) is 18.9. The highest BCUT2D eigenvalue weighted by atomic mass is 19.3. The van der Waals surface area contributed by atoms with Crippen LogP contribution in [0.25, 0.3) is 10.8 Å². The first kappa shape index (κ1) is 27.6. The van der Waals surface area contributed by atoms with Gasteiger partial charge in [0, 0.05) is 36.2 Å². The van der Waals surface area contributed by atoms with Crippen molar-refractivity contribution in [1.29, 1.82) is 0 Å². The average molecular weight is 544 g/mol. The van der Waals surface area contributed by atoms with Crippen LogP contribution in [0.2, 0.25) is 0 Å². The summed E-state index contributed by atoms with van der Waals surface area (Å²) in [6.07, 6.45) is 6.16. The number of ether oxygens (including phenoxy) is 3. The highest BCUT2D eigenvalue weighted by molar-refractivity contribution is 5.95. The first-order valence-electron chi connectivity index (χ1n) is 14.0. The summed E-state index contributed by atoms with van der Waals surface area (Å²) in [7, 11) is 0. The molecule has 1 atom stereocenters. The molecule has 4 bridgehead atoms. The number of anilines is 1. The largest absolute Gasteiger partial charge is 0.476 e. The Labute approximate surface area is 227 Å². The quantitative estimate of drug-likeness (QED) is 0.348. The van der Waals surface area contributed by atoms with E-state index in [0.717, 1.165) is 68.6 Å². The smallest absolute Gasteiger partial charge is 0.298 e. The number of hydrogen-bond donors (Lipinski definition) is 1. The van der Waals surface area contributed by atoms with E-state index in [2.05, 4.69) is 27.6 Å². The third kappa shape index (κ3) is 6.47. The van der Waals surface area contributed by atoms with Crippen molar-refractivity contribution >= 4 is 16.6 Å². The van der Waals surface area contributed by atoms with Crippen LogP contribution >= 0.6 is 0 Å². The van der Waals surface area contributed by atoms with E-state index < -0.39 is 30.0 Å². The number of halogens is 3. The molecule has 3 heterocycles. The molecule has 0 radical (unpaired) electrons. The summed E-state index contributed by atoms with van der Waals surface area (Å²) in [6, 6.07) is 9.65. The highest BCUT2D eigenvalue weighted by Crippen LogP contribution is 2.37. The molecule has 1 aromatic heterocycles. The van der Waals surface area contributed by atoms with Gasteiger partial charge in [-0.3, -0.25) is 0 Å². The number of rotatable bonds is 1. The maximum atomic E-state index is 15.5. The molecule has 9 heteroatoms. The van der Waals surface area contributed by atoms with Gasteiger partial charge in [0.2, 0.25) is 5.88 Å². The zero-order valence-electron chi connectivity index (χ0n) is 22.4. The van der Waals surface area contributed by atoms with E-state index >= 15 is 4.39 Å². The van der Waals surface area contributed by atoms with Gasteiger partial charge in [-0.25, -0.2) is 4.39 Å². The van der Waals surface area contributed by atoms with Crippen molar-refractivity contribution in [2.75, 3.05) is 38.4 Å². The Morgan fingerprint density at radius 2 is 1.64 bits per heavy atom. The zero-order valence-corrected chi connectivity index (χ0v) is 22.4. The van der Waals surface area contributed by atoms with Crippen LogP contribution in [0.3, 0.4) is 0 Å². The van der Waals surface area contributed by atoms with Crippen LogP contribution in [-0.2, 0) is 15.4 Å². The van der Waals surface area contributed by atoms with E-state index in [1.165, 1.54) is 17.7 Å². The van der Waals surface area contributed by atoms with Crippen molar-refractivity contribution in [3.8, 4) is 5.88 Å². The van der Waals surface area contributed by atoms with Crippen molar-refractivity contribution in [2.45, 2.75) is 69.8 Å². The molecule has 6 nitrogen and oxygen atoms in total. The van der Waals surface area contributed by atoms with Crippen molar-refractivity contribution in [3.05, 3.63) is 58.9 Å². The van der Waals surface area contributed by atoms with Crippen LogP contribution in [-0.4, -0.2) is 43.2 Å². The van der Waals surface area contributed by atoms with Crippen LogP contribution in [0.15, 0.2) is 36.4 Å². The number of nitrogens with zero attached hydrogens (tertiary/aromatic N) is 2. The van der Waals surface area contributed by atoms with E-state index in [1.54, 1.807) is 6.92 Å². The fourth-order valence-corrected chi connectivity index (χ4v) is 5.38. The Morgan fingerprint density at radius 1 is 0.872 bits per heavy atom. The lowest BCUT2D eigenvalue weighted by Crippen LogP contribution is -2.24. The molecule has 1 fully saturated rings. The van der Waals surface area contributed by atoms with Gasteiger partial charge in [-0.2, -0.15) is 8.78 Å². The van der Waals surface area contributed by atoms with Crippen LogP contribution in [0.4, 0.5) is 19.0 Å². The third-order valence-electron chi connectivity index (χ3n) is 7.66. The van der Waals surface area contributed by atoms with Gasteiger partial charge in [-0.05, 0) is 62.3 Å². The molecular formula is C30H36F3N3O3. The van der Waals surface area contributed by atoms with Gasteiger partial charge in [0.05, 0.1) is 18.2 Å². The van der Waals surface area contributed by atoms with E-state index in [4.69, 9.17) is 14.2 Å². The topological polar surface area (TPSA) is 65.5 Å². The fourth-order valence-electron chi connectivity index (χ4n) is 5.38. The highest BCUT2D eigenvalue weighted by Gasteiger charge is 2.36. The van der Waals surface area contributed by atoms with Gasteiger partial charge >= 0.3 is 0 Å². The van der Waals surface area contributed by atoms with Crippen LogP contribution in [0.1, 0.15) is 80.5 Å². The van der Waals surface area contributed by atoms with Crippen molar-refractivity contribution in [1.82, 2.24) is 10.2 Å². The molecule has 1 saturated heterocycles. The van der Waals surface area contributed by atoms with E-state index in [-0.39, 0.29) is 12.2 Å². The molecule has 0 unspecified atom stereocenters. The summed E-state index contributed by atoms with van der Waals surface area (Å²) in [6.45, 7) is 3.04. The Morgan fingerprint density at radius 3 is 2.46 bits per heavy atom. The van der Waals surface area contributed by atoms with Gasteiger partial charge in [-0.1, -0.05) is 37.5 Å². The Bertz CT molecular complexity index is 1270. The molecule has 1 N–H and O–H groups in total. The fraction of sp³-hybridized carbons (Fsp3) is 0.533. The molecule has 5 rings (SSSR count). The third-order valence-corrected chi connectivity index (χ3v) is 7.66. The lowest BCUT2D eigenvalue weighted by atomic mass is 9.90. The van der Waals surface area contributed by atoms with Gasteiger partial charge in [0.15, 0.2) is 5.82 Å². The average Bonchev–Trinajstić information content (AvgIpc) is 2.94. The summed E-state index contributed by atoms with van der Waals surface area (Å²) < 4.78 is 62.3. The second-order valence-corrected chi connectivity index (χ2v) is 10.5. The van der Waals surface area contributed by atoms with Gasteiger partial charge in [0.1, 0.15) is 12.4 Å². The molecule has 2 aromatic carbocycles. The summed E-state index contributed by atoms with van der Waals surface area (Å²) >= 11 is 0. The maximum Gasteiger partial charge on any atom is 0.298 e. The van der Waals surface area contributed by atoms with Crippen LogP contribution in [0.5, 0.6) is 5.88 Å². The minimum absolute atomic E-state index is 0.123. The summed E-state index contributed by atoms with van der Waals surface area (Å²) in [4.78, 5) is 0. The Kier molecular flexibility index (Phi) is 8.87. The first-order valence-corrected chi connectivity index (χ1v) is 14.0. The number of aromatic nitrogens is 2. The van der Waals surface area contributed by atoms with Gasteiger partial charge in [0.25, 0.3) is 5.92 Å². The Hall–Kier alpha value is -2.91. The second kappa shape index (κ2) is 12.5. The van der Waals surface area contributed by atoms with Crippen molar-refractivity contribution in [3.63, 3.8) is 0 Å². The van der Waals surface area contributed by atoms with Crippen molar-refractivity contribution in [2.24, 2.45) is 0 Å². The minimum atomic E-state index is -3.44. The minimum Gasteiger partial charge on any atom is -0.476 e. The molecule has 2 aliphatic heterocycles. The normalized spacial score (nSPS) is 21.7. The lowest BCUT2D eigenvalue weighted by Gasteiger charge is -2.24. The molecule has 0 spiro atoms. The molecule has 210 valence electrons. The standard InChI is InChI=1S/C30H36F3N3O3/c1-20-23-8-7-9-26(27(23)31)30(32,33)19-38-14-5-3-2-4-6-15-39-29-24-11-10-22(21-12-16-37-17-13-21)18-25(24)28(34-20)35-36-29/h7-11,18,20-21H,2-6,12-17,19H2,1H3,(H,34,35)/t20-/m1/s1. The molecular weight excluding hydrogens is 507 g/mol. The SMILES string of the molecule is C[C@H]1Nc2nnc(c3ccc(C4CCOCC4)cc23)OCCCCCCCOCC(F)(F)c2cccc1c2F. The molecule has 0 aliphatic carbocycles. The van der Waals surface area contributed by atoms with E-state index in [9.17, 15) is 8.78 Å². The van der Waals surface area contributed by atoms with Crippen LogP contribution in [0, 0.1) is 5.82 Å². The number of benzene rings is 2. The Balaban J connectivity index is 1.52. The predicted octanol–water partition coefficient (Wildman–Crippen LogP) is 7.29. The maximum absolute atomic E-state index is 15.5. The van der Waals surface area contributed by atoms with Gasteiger partial charge in [-0.15, -0.1) is 10.2 Å². The van der Waals surface area contributed by atoms with Crippen molar-refractivity contribution < 1.29 is 27.4 Å². The predicted molar refractivity (Wildman–Crippen MR) is 144 cm³/mol. The molecule has 3 aromatic rings. The molecule has 0 amide bonds. The number of nitrogens with one attached hydrogen (secondary N) is 1. The molecule has 39 heavy (non-hydrogen) atoms. The number of alkyl halides is 2. The molecule has 0 saturated carbocycles. The summed E-state index contributed by atoms with van der Waals surface area (Å²) in [5.74, 6) is -3.11. The summed E-state index contributed by atoms with van der Waals surface area (Å²) in [5.41, 5.74) is 0.629. The summed E-state index contributed by atoms with van der Waals surface area (Å²) in [5, 5.41) is 13.6. The molecule has 2 aliphatic rings.